The molecule has 102 valence electrons. The Labute approximate surface area is 110 Å². The van der Waals surface area contributed by atoms with E-state index in [0.717, 1.165) is 31.3 Å². The van der Waals surface area contributed by atoms with Crippen molar-refractivity contribution < 1.29 is 0 Å². The van der Waals surface area contributed by atoms with Gasteiger partial charge in [0.15, 0.2) is 0 Å². The monoisotopic (exact) mass is 250 g/mol. The number of aromatic nitrogens is 3. The van der Waals surface area contributed by atoms with Gasteiger partial charge in [-0.05, 0) is 36.6 Å². The fraction of sp³-hybridized carbons (Fsp3) is 0.857. The highest BCUT2D eigenvalue weighted by Gasteiger charge is 2.37. The third-order valence-electron chi connectivity index (χ3n) is 4.15. The Balaban J connectivity index is 2.10. The minimum absolute atomic E-state index is 0.265. The Kier molecular flexibility index (Phi) is 4.05. The van der Waals surface area contributed by atoms with Crippen molar-refractivity contribution in [2.45, 2.75) is 53.0 Å². The Morgan fingerprint density at radius 2 is 2.33 bits per heavy atom. The van der Waals surface area contributed by atoms with E-state index in [4.69, 9.17) is 5.73 Å². The van der Waals surface area contributed by atoms with Gasteiger partial charge in [0.1, 0.15) is 12.2 Å². The van der Waals surface area contributed by atoms with E-state index in [1.807, 2.05) is 0 Å². The maximum atomic E-state index is 6.04. The first kappa shape index (κ1) is 13.5. The van der Waals surface area contributed by atoms with Crippen LogP contribution in [-0.2, 0) is 13.0 Å². The van der Waals surface area contributed by atoms with E-state index in [9.17, 15) is 0 Å². The number of nitrogens with zero attached hydrogens (tertiary/aromatic N) is 3. The predicted octanol–water partition coefficient (Wildman–Crippen LogP) is 2.24. The fourth-order valence-electron chi connectivity index (χ4n) is 3.17. The van der Waals surface area contributed by atoms with Gasteiger partial charge in [-0.25, -0.2) is 9.67 Å². The Bertz CT molecular complexity index is 385. The summed E-state index contributed by atoms with van der Waals surface area (Å²) in [6.07, 6.45) is 6.44. The zero-order chi connectivity index (χ0) is 13.2. The molecule has 18 heavy (non-hydrogen) atoms. The zero-order valence-corrected chi connectivity index (χ0v) is 11.9. The molecule has 1 heterocycles. The van der Waals surface area contributed by atoms with Crippen molar-refractivity contribution in [2.75, 3.05) is 6.54 Å². The average Bonchev–Trinajstić information content (AvgIpc) is 2.87. The third kappa shape index (κ3) is 2.91. The lowest BCUT2D eigenvalue weighted by atomic mass is 9.81. The highest BCUT2D eigenvalue weighted by molar-refractivity contribution is 4.98. The molecule has 2 N–H and O–H groups in total. The molecule has 0 aliphatic heterocycles. The van der Waals surface area contributed by atoms with Gasteiger partial charge in [0.2, 0.25) is 0 Å². The summed E-state index contributed by atoms with van der Waals surface area (Å²) >= 11 is 0. The number of hydrogen-bond donors (Lipinski definition) is 1. The Hall–Kier alpha value is -0.900. The fourth-order valence-corrected chi connectivity index (χ4v) is 3.17. The van der Waals surface area contributed by atoms with E-state index in [0.29, 0.717) is 5.92 Å². The molecule has 2 rings (SSSR count). The van der Waals surface area contributed by atoms with Crippen molar-refractivity contribution in [1.82, 2.24) is 14.8 Å². The maximum Gasteiger partial charge on any atom is 0.138 e. The van der Waals surface area contributed by atoms with Crippen LogP contribution >= 0.6 is 0 Å². The SMILES string of the molecule is CC(C)Cn1ncnc1CC1(CN)CCC(C)C1. The number of hydrogen-bond acceptors (Lipinski definition) is 3. The van der Waals surface area contributed by atoms with Crippen molar-refractivity contribution in [1.29, 1.82) is 0 Å². The van der Waals surface area contributed by atoms with Crippen molar-refractivity contribution in [3.8, 4) is 0 Å². The largest absolute Gasteiger partial charge is 0.330 e. The summed E-state index contributed by atoms with van der Waals surface area (Å²) in [4.78, 5) is 4.45. The molecular weight excluding hydrogens is 224 g/mol. The van der Waals surface area contributed by atoms with Crippen LogP contribution in [0.25, 0.3) is 0 Å². The summed E-state index contributed by atoms with van der Waals surface area (Å²) in [7, 11) is 0. The molecule has 0 aromatic carbocycles. The topological polar surface area (TPSA) is 56.7 Å². The molecule has 4 nitrogen and oxygen atoms in total. The lowest BCUT2D eigenvalue weighted by molar-refractivity contribution is 0.281. The summed E-state index contributed by atoms with van der Waals surface area (Å²) in [5.41, 5.74) is 6.31. The molecule has 0 spiro atoms. The normalized spacial score (nSPS) is 28.2. The van der Waals surface area contributed by atoms with E-state index in [1.54, 1.807) is 6.33 Å². The standard InChI is InChI=1S/C14H26N4/c1-11(2)8-18-13(16-10-17-18)7-14(9-15)5-4-12(3)6-14/h10-12H,4-9,15H2,1-3H3. The first-order valence-corrected chi connectivity index (χ1v) is 7.11. The van der Waals surface area contributed by atoms with Crippen molar-refractivity contribution in [2.24, 2.45) is 23.0 Å². The first-order valence-electron chi connectivity index (χ1n) is 7.11. The Morgan fingerprint density at radius 1 is 1.56 bits per heavy atom. The average molecular weight is 250 g/mol. The zero-order valence-electron chi connectivity index (χ0n) is 11.9. The van der Waals surface area contributed by atoms with Crippen LogP contribution in [0.4, 0.5) is 0 Å². The number of nitrogens with two attached hydrogens (primary N) is 1. The molecule has 1 aromatic rings. The van der Waals surface area contributed by atoms with Gasteiger partial charge in [-0.15, -0.1) is 0 Å². The molecule has 4 heteroatoms. The second-order valence-corrected chi connectivity index (χ2v) is 6.48. The highest BCUT2D eigenvalue weighted by atomic mass is 15.3. The van der Waals surface area contributed by atoms with Crippen molar-refractivity contribution in [3.05, 3.63) is 12.2 Å². The summed E-state index contributed by atoms with van der Waals surface area (Å²) in [6, 6.07) is 0. The summed E-state index contributed by atoms with van der Waals surface area (Å²) in [5.74, 6) is 2.51. The minimum atomic E-state index is 0.265. The quantitative estimate of drug-likeness (QED) is 0.872. The maximum absolute atomic E-state index is 6.04. The van der Waals surface area contributed by atoms with Crippen molar-refractivity contribution >= 4 is 0 Å². The minimum Gasteiger partial charge on any atom is -0.330 e. The van der Waals surface area contributed by atoms with Crippen LogP contribution < -0.4 is 5.73 Å². The molecule has 1 saturated carbocycles. The van der Waals surface area contributed by atoms with E-state index in [1.165, 1.54) is 19.3 Å². The second kappa shape index (κ2) is 5.39. The van der Waals surface area contributed by atoms with E-state index in [-0.39, 0.29) is 5.41 Å². The van der Waals surface area contributed by atoms with Gasteiger partial charge in [-0.2, -0.15) is 5.10 Å². The smallest absolute Gasteiger partial charge is 0.138 e. The molecule has 0 bridgehead atoms. The summed E-state index contributed by atoms with van der Waals surface area (Å²) in [6.45, 7) is 8.47. The van der Waals surface area contributed by atoms with E-state index in [2.05, 4.69) is 35.5 Å². The van der Waals surface area contributed by atoms with Gasteiger partial charge in [-0.1, -0.05) is 27.2 Å². The first-order chi connectivity index (χ1) is 8.54. The molecule has 1 aliphatic carbocycles. The van der Waals surface area contributed by atoms with Gasteiger partial charge in [-0.3, -0.25) is 0 Å². The second-order valence-electron chi connectivity index (χ2n) is 6.48. The van der Waals surface area contributed by atoms with Crippen LogP contribution in [0.3, 0.4) is 0 Å². The molecule has 2 atom stereocenters. The molecule has 1 fully saturated rings. The van der Waals surface area contributed by atoms with Crippen LogP contribution in [0.5, 0.6) is 0 Å². The Morgan fingerprint density at radius 3 is 2.89 bits per heavy atom. The lowest BCUT2D eigenvalue weighted by Gasteiger charge is -2.27. The molecular formula is C14H26N4. The van der Waals surface area contributed by atoms with Gasteiger partial charge in [0.05, 0.1) is 0 Å². The lowest BCUT2D eigenvalue weighted by Crippen LogP contribution is -2.31. The summed E-state index contributed by atoms with van der Waals surface area (Å²) < 4.78 is 2.06. The predicted molar refractivity (Wildman–Crippen MR) is 73.1 cm³/mol. The van der Waals surface area contributed by atoms with Crippen LogP contribution in [0.15, 0.2) is 6.33 Å². The molecule has 1 aliphatic rings. The highest BCUT2D eigenvalue weighted by Crippen LogP contribution is 2.42. The van der Waals surface area contributed by atoms with Gasteiger partial charge < -0.3 is 5.73 Å². The molecule has 1 aromatic heterocycles. The van der Waals surface area contributed by atoms with Crippen LogP contribution in [0, 0.1) is 17.3 Å². The van der Waals surface area contributed by atoms with Gasteiger partial charge in [0, 0.05) is 13.0 Å². The third-order valence-corrected chi connectivity index (χ3v) is 4.15. The van der Waals surface area contributed by atoms with Crippen LogP contribution in [-0.4, -0.2) is 21.3 Å². The molecule has 0 radical (unpaired) electrons. The van der Waals surface area contributed by atoms with Crippen LogP contribution in [0.1, 0.15) is 45.9 Å². The van der Waals surface area contributed by atoms with Gasteiger partial charge in [0.25, 0.3) is 0 Å². The van der Waals surface area contributed by atoms with E-state index < -0.39 is 0 Å². The molecule has 2 unspecified atom stereocenters. The number of rotatable bonds is 5. The van der Waals surface area contributed by atoms with Gasteiger partial charge >= 0.3 is 0 Å². The molecule has 0 saturated heterocycles. The van der Waals surface area contributed by atoms with Crippen LogP contribution in [0.2, 0.25) is 0 Å². The summed E-state index contributed by atoms with van der Waals surface area (Å²) in [5, 5.41) is 4.35. The van der Waals surface area contributed by atoms with Crippen molar-refractivity contribution in [3.63, 3.8) is 0 Å². The molecule has 0 amide bonds. The van der Waals surface area contributed by atoms with E-state index >= 15 is 0 Å².